The van der Waals surface area contributed by atoms with Crippen LogP contribution in [0.15, 0.2) is 12.2 Å². The largest absolute Gasteiger partial charge is 0.548 e. The first-order chi connectivity index (χ1) is 7.11. The SMILES string of the molecule is O=C([O-])CN1C(=O)[C@H]2CC=CC[C@@H]2C1=O. The number of fused-ring (bicyclic) bond motifs is 1. The molecule has 1 saturated heterocycles. The molecule has 2 amide bonds. The number of amides is 2. The number of likely N-dealkylation sites (tertiary alicyclic amines) is 1. The third-order valence-electron chi connectivity index (χ3n) is 2.89. The molecule has 5 heteroatoms. The summed E-state index contributed by atoms with van der Waals surface area (Å²) in [4.78, 5) is 34.5. The van der Waals surface area contributed by atoms with Crippen LogP contribution in [0.4, 0.5) is 0 Å². The van der Waals surface area contributed by atoms with Crippen LogP contribution in [0.1, 0.15) is 12.8 Å². The van der Waals surface area contributed by atoms with E-state index in [2.05, 4.69) is 0 Å². The molecule has 0 unspecified atom stereocenters. The summed E-state index contributed by atoms with van der Waals surface area (Å²) < 4.78 is 0. The van der Waals surface area contributed by atoms with E-state index in [9.17, 15) is 19.5 Å². The molecule has 0 bridgehead atoms. The molecule has 1 heterocycles. The van der Waals surface area contributed by atoms with Crippen molar-refractivity contribution in [3.05, 3.63) is 12.2 Å². The number of imide groups is 1. The Kier molecular flexibility index (Phi) is 2.30. The fourth-order valence-corrected chi connectivity index (χ4v) is 2.15. The van der Waals surface area contributed by atoms with Crippen LogP contribution in [0.3, 0.4) is 0 Å². The Morgan fingerprint density at radius 1 is 1.27 bits per heavy atom. The highest BCUT2D eigenvalue weighted by molar-refractivity contribution is 6.07. The zero-order valence-corrected chi connectivity index (χ0v) is 8.01. The summed E-state index contributed by atoms with van der Waals surface area (Å²) in [5, 5.41) is 10.4. The summed E-state index contributed by atoms with van der Waals surface area (Å²) in [5.41, 5.74) is 0. The first-order valence-electron chi connectivity index (χ1n) is 4.81. The van der Waals surface area contributed by atoms with Gasteiger partial charge in [0.1, 0.15) is 0 Å². The average molecular weight is 208 g/mol. The van der Waals surface area contributed by atoms with E-state index in [1.165, 1.54) is 0 Å². The van der Waals surface area contributed by atoms with Crippen LogP contribution < -0.4 is 5.11 Å². The van der Waals surface area contributed by atoms with Crippen molar-refractivity contribution in [1.82, 2.24) is 4.90 Å². The highest BCUT2D eigenvalue weighted by Gasteiger charge is 2.46. The summed E-state index contributed by atoms with van der Waals surface area (Å²) in [7, 11) is 0. The zero-order valence-electron chi connectivity index (χ0n) is 8.01. The Bertz CT molecular complexity index is 334. The van der Waals surface area contributed by atoms with Gasteiger partial charge >= 0.3 is 0 Å². The second-order valence-electron chi connectivity index (χ2n) is 3.79. The Morgan fingerprint density at radius 2 is 1.73 bits per heavy atom. The molecule has 0 N–H and O–H groups in total. The molecule has 1 aliphatic heterocycles. The van der Waals surface area contributed by atoms with Crippen LogP contribution in [0.5, 0.6) is 0 Å². The number of carbonyl (C=O) groups excluding carboxylic acids is 3. The number of hydrogen-bond donors (Lipinski definition) is 0. The second-order valence-corrected chi connectivity index (χ2v) is 3.79. The van der Waals surface area contributed by atoms with Crippen molar-refractivity contribution >= 4 is 17.8 Å². The van der Waals surface area contributed by atoms with Crippen molar-refractivity contribution in [2.24, 2.45) is 11.8 Å². The monoisotopic (exact) mass is 208 g/mol. The molecule has 0 spiro atoms. The minimum atomic E-state index is -1.40. The van der Waals surface area contributed by atoms with E-state index in [1.807, 2.05) is 12.2 Å². The van der Waals surface area contributed by atoms with Crippen LogP contribution in [-0.4, -0.2) is 29.2 Å². The summed E-state index contributed by atoms with van der Waals surface area (Å²) in [6, 6.07) is 0. The maximum Gasteiger partial charge on any atom is 0.233 e. The van der Waals surface area contributed by atoms with Crippen LogP contribution in [0.2, 0.25) is 0 Å². The van der Waals surface area contributed by atoms with Gasteiger partial charge in [0.2, 0.25) is 11.8 Å². The second kappa shape index (κ2) is 3.49. The van der Waals surface area contributed by atoms with Crippen LogP contribution >= 0.6 is 0 Å². The Hall–Kier alpha value is -1.65. The quantitative estimate of drug-likeness (QED) is 0.417. The lowest BCUT2D eigenvalue weighted by molar-refractivity contribution is -0.305. The molecule has 0 radical (unpaired) electrons. The van der Waals surface area contributed by atoms with Crippen molar-refractivity contribution in [3.8, 4) is 0 Å². The zero-order chi connectivity index (χ0) is 11.0. The van der Waals surface area contributed by atoms with Gasteiger partial charge in [-0.3, -0.25) is 14.5 Å². The summed E-state index contributed by atoms with van der Waals surface area (Å²) in [6.45, 7) is -0.620. The fraction of sp³-hybridized carbons (Fsp3) is 0.500. The molecule has 1 fully saturated rings. The van der Waals surface area contributed by atoms with E-state index in [1.54, 1.807) is 0 Å². The Labute approximate surface area is 86.4 Å². The van der Waals surface area contributed by atoms with Gasteiger partial charge in [-0.15, -0.1) is 0 Å². The van der Waals surface area contributed by atoms with Crippen LogP contribution in [0, 0.1) is 11.8 Å². The number of hydrogen-bond acceptors (Lipinski definition) is 4. The predicted molar refractivity (Wildman–Crippen MR) is 47.1 cm³/mol. The van der Waals surface area contributed by atoms with Gasteiger partial charge in [0, 0.05) is 0 Å². The molecule has 2 aliphatic rings. The summed E-state index contributed by atoms with van der Waals surface area (Å²) in [6.07, 6.45) is 4.77. The van der Waals surface area contributed by atoms with Gasteiger partial charge < -0.3 is 9.90 Å². The van der Waals surface area contributed by atoms with E-state index in [4.69, 9.17) is 0 Å². The van der Waals surface area contributed by atoms with E-state index >= 15 is 0 Å². The third-order valence-corrected chi connectivity index (χ3v) is 2.89. The van der Waals surface area contributed by atoms with Crippen molar-refractivity contribution in [2.75, 3.05) is 6.54 Å². The molecule has 80 valence electrons. The van der Waals surface area contributed by atoms with Gasteiger partial charge in [0.15, 0.2) is 0 Å². The lowest BCUT2D eigenvalue weighted by Crippen LogP contribution is -2.41. The molecule has 0 saturated carbocycles. The Morgan fingerprint density at radius 3 is 2.13 bits per heavy atom. The van der Waals surface area contributed by atoms with Crippen molar-refractivity contribution in [3.63, 3.8) is 0 Å². The normalized spacial score (nSPS) is 29.5. The lowest BCUT2D eigenvalue weighted by atomic mass is 9.85. The maximum atomic E-state index is 11.7. The first-order valence-corrected chi connectivity index (χ1v) is 4.81. The molecule has 2 rings (SSSR count). The average Bonchev–Trinajstić information content (AvgIpc) is 2.44. The summed E-state index contributed by atoms with van der Waals surface area (Å²) >= 11 is 0. The number of aliphatic carboxylic acids is 1. The molecule has 1 aliphatic carbocycles. The first kappa shape index (κ1) is 9.89. The third kappa shape index (κ3) is 1.54. The standard InChI is InChI=1S/C10H11NO4/c12-8(13)5-11-9(14)6-3-1-2-4-7(6)10(11)15/h1-2,6-7H,3-5H2,(H,12,13)/p-1/t6-,7-/m0/s1. The van der Waals surface area contributed by atoms with Crippen molar-refractivity contribution in [2.45, 2.75) is 12.8 Å². The number of carbonyl (C=O) groups is 3. The molecular weight excluding hydrogens is 198 g/mol. The molecule has 0 aromatic heterocycles. The minimum Gasteiger partial charge on any atom is -0.548 e. The number of rotatable bonds is 2. The molecule has 0 aromatic rings. The minimum absolute atomic E-state index is 0.359. The Balaban J connectivity index is 2.20. The van der Waals surface area contributed by atoms with Crippen LogP contribution in [-0.2, 0) is 14.4 Å². The highest BCUT2D eigenvalue weighted by Crippen LogP contribution is 2.34. The van der Waals surface area contributed by atoms with Crippen LogP contribution in [0.25, 0.3) is 0 Å². The van der Waals surface area contributed by atoms with Crippen molar-refractivity contribution in [1.29, 1.82) is 0 Å². The van der Waals surface area contributed by atoms with Gasteiger partial charge in [0.25, 0.3) is 0 Å². The smallest absolute Gasteiger partial charge is 0.233 e. The molecule has 2 atom stereocenters. The number of carboxylic acids is 1. The molecular formula is C10H10NO4-. The van der Waals surface area contributed by atoms with Gasteiger partial charge in [-0.25, -0.2) is 0 Å². The topological polar surface area (TPSA) is 77.5 Å². The van der Waals surface area contributed by atoms with Gasteiger partial charge in [-0.1, -0.05) is 12.2 Å². The predicted octanol–water partition coefficient (Wildman–Crippen LogP) is -1.31. The number of nitrogens with zero attached hydrogens (tertiary/aromatic N) is 1. The highest BCUT2D eigenvalue weighted by atomic mass is 16.4. The van der Waals surface area contributed by atoms with E-state index < -0.39 is 12.5 Å². The van der Waals surface area contributed by atoms with Gasteiger partial charge in [-0.05, 0) is 12.8 Å². The molecule has 15 heavy (non-hydrogen) atoms. The fourth-order valence-electron chi connectivity index (χ4n) is 2.15. The van der Waals surface area contributed by atoms with E-state index in [0.29, 0.717) is 12.8 Å². The van der Waals surface area contributed by atoms with E-state index in [-0.39, 0.29) is 23.7 Å². The number of carboxylic acid groups (broad SMARTS) is 1. The van der Waals surface area contributed by atoms with Crippen molar-refractivity contribution < 1.29 is 19.5 Å². The lowest BCUT2D eigenvalue weighted by Gasteiger charge is -2.14. The maximum absolute atomic E-state index is 11.7. The van der Waals surface area contributed by atoms with E-state index in [0.717, 1.165) is 4.90 Å². The molecule has 5 nitrogen and oxygen atoms in total. The van der Waals surface area contributed by atoms with Gasteiger partial charge in [-0.2, -0.15) is 0 Å². The summed E-state index contributed by atoms with van der Waals surface area (Å²) in [5.74, 6) is -2.87. The number of allylic oxidation sites excluding steroid dienone is 2. The van der Waals surface area contributed by atoms with Gasteiger partial charge in [0.05, 0.1) is 24.3 Å². The molecule has 0 aromatic carbocycles.